The molecule has 3 nitrogen and oxygen atoms in total. The predicted octanol–water partition coefficient (Wildman–Crippen LogP) is 3.75. The highest BCUT2D eigenvalue weighted by atomic mass is 35.5. The second-order valence-corrected chi connectivity index (χ2v) is 4.15. The van der Waals surface area contributed by atoms with Crippen LogP contribution in [0.5, 0.6) is 0 Å². The molecule has 0 aliphatic rings. The summed E-state index contributed by atoms with van der Waals surface area (Å²) in [4.78, 5) is 14.7. The van der Waals surface area contributed by atoms with Gasteiger partial charge in [0.1, 0.15) is 0 Å². The molecule has 0 amide bonds. The third-order valence-electron chi connectivity index (χ3n) is 2.25. The van der Waals surface area contributed by atoms with Crippen LogP contribution in [0, 0.1) is 0 Å². The Morgan fingerprint density at radius 3 is 2.71 bits per heavy atom. The van der Waals surface area contributed by atoms with Gasteiger partial charge in [-0.3, -0.25) is 4.98 Å². The van der Waals surface area contributed by atoms with E-state index in [1.807, 2.05) is 0 Å². The lowest BCUT2D eigenvalue weighted by Crippen LogP contribution is -1.97. The Labute approximate surface area is 108 Å². The van der Waals surface area contributed by atoms with Crippen LogP contribution in [0.25, 0.3) is 11.1 Å². The van der Waals surface area contributed by atoms with E-state index < -0.39 is 5.97 Å². The largest absolute Gasteiger partial charge is 0.478 e. The minimum atomic E-state index is -1.03. The number of halogens is 2. The number of hydrogen-bond donors (Lipinski definition) is 1. The molecule has 0 bridgehead atoms. The quantitative estimate of drug-likeness (QED) is 0.902. The van der Waals surface area contributed by atoms with Gasteiger partial charge in [0, 0.05) is 23.5 Å². The number of carboxylic acid groups (broad SMARTS) is 1. The summed E-state index contributed by atoms with van der Waals surface area (Å²) in [6, 6.07) is 6.68. The Morgan fingerprint density at radius 1 is 1.24 bits per heavy atom. The normalized spacial score (nSPS) is 10.2. The molecule has 0 atom stereocenters. The third-order valence-corrected chi connectivity index (χ3v) is 3.07. The maximum absolute atomic E-state index is 10.8. The van der Waals surface area contributed by atoms with E-state index in [0.717, 1.165) is 0 Å². The summed E-state index contributed by atoms with van der Waals surface area (Å²) in [7, 11) is 0. The summed E-state index contributed by atoms with van der Waals surface area (Å²) in [5, 5.41) is 9.69. The highest BCUT2D eigenvalue weighted by molar-refractivity contribution is 6.43. The number of nitrogens with zero attached hydrogens (tertiary/aromatic N) is 1. The van der Waals surface area contributed by atoms with Crippen LogP contribution in [0.2, 0.25) is 10.0 Å². The van der Waals surface area contributed by atoms with Crippen molar-refractivity contribution >= 4 is 29.2 Å². The van der Waals surface area contributed by atoms with Gasteiger partial charge in [0.05, 0.1) is 15.6 Å². The monoisotopic (exact) mass is 267 g/mol. The van der Waals surface area contributed by atoms with Gasteiger partial charge < -0.3 is 5.11 Å². The number of hydrogen-bond acceptors (Lipinski definition) is 2. The number of aromatic nitrogens is 1. The molecule has 86 valence electrons. The first-order valence-electron chi connectivity index (χ1n) is 4.72. The molecule has 1 aromatic carbocycles. The van der Waals surface area contributed by atoms with Gasteiger partial charge in [0.2, 0.25) is 0 Å². The molecule has 17 heavy (non-hydrogen) atoms. The number of aromatic carboxylic acids is 1. The van der Waals surface area contributed by atoms with Gasteiger partial charge in [-0.05, 0) is 12.1 Å². The van der Waals surface area contributed by atoms with Gasteiger partial charge in [-0.1, -0.05) is 35.3 Å². The molecule has 1 heterocycles. The van der Waals surface area contributed by atoms with Crippen LogP contribution in [0.3, 0.4) is 0 Å². The highest BCUT2D eigenvalue weighted by Gasteiger charge is 2.10. The van der Waals surface area contributed by atoms with Gasteiger partial charge >= 0.3 is 5.97 Å². The van der Waals surface area contributed by atoms with E-state index in [2.05, 4.69) is 4.98 Å². The molecule has 2 rings (SSSR count). The molecule has 0 spiro atoms. The fourth-order valence-electron chi connectivity index (χ4n) is 1.43. The Balaban J connectivity index is 2.57. The standard InChI is InChI=1S/C12H7Cl2NO2/c13-10-3-1-2-9(11(10)14)7-4-8(12(16)17)6-15-5-7/h1-6H,(H,16,17). The lowest BCUT2D eigenvalue weighted by Gasteiger charge is -2.06. The number of carbonyl (C=O) groups is 1. The first-order valence-corrected chi connectivity index (χ1v) is 5.48. The van der Waals surface area contributed by atoms with Crippen LogP contribution in [-0.4, -0.2) is 16.1 Å². The zero-order valence-electron chi connectivity index (χ0n) is 8.52. The van der Waals surface area contributed by atoms with Crippen molar-refractivity contribution in [3.8, 4) is 11.1 Å². The Hall–Kier alpha value is -1.58. The van der Waals surface area contributed by atoms with Crippen molar-refractivity contribution < 1.29 is 9.90 Å². The Morgan fingerprint density at radius 2 is 2.00 bits per heavy atom. The Bertz CT molecular complexity index is 584. The predicted molar refractivity (Wildman–Crippen MR) is 66.7 cm³/mol. The van der Waals surface area contributed by atoms with Crippen LogP contribution < -0.4 is 0 Å². The van der Waals surface area contributed by atoms with Gasteiger partial charge in [-0.2, -0.15) is 0 Å². The van der Waals surface area contributed by atoms with E-state index in [1.54, 1.807) is 24.4 Å². The lowest BCUT2D eigenvalue weighted by molar-refractivity contribution is 0.0696. The highest BCUT2D eigenvalue weighted by Crippen LogP contribution is 2.33. The first kappa shape index (κ1) is 11.9. The fraction of sp³-hybridized carbons (Fsp3) is 0. The summed E-state index contributed by atoms with van der Waals surface area (Å²) < 4.78 is 0. The second-order valence-electron chi connectivity index (χ2n) is 3.37. The second kappa shape index (κ2) is 4.73. The van der Waals surface area contributed by atoms with Crippen LogP contribution >= 0.6 is 23.2 Å². The first-order chi connectivity index (χ1) is 8.09. The van der Waals surface area contributed by atoms with Crippen molar-refractivity contribution in [1.29, 1.82) is 0 Å². The number of carboxylic acids is 1. The summed E-state index contributed by atoms with van der Waals surface area (Å²) in [6.45, 7) is 0. The molecule has 1 N–H and O–H groups in total. The smallest absolute Gasteiger partial charge is 0.337 e. The van der Waals surface area contributed by atoms with Crippen LogP contribution in [-0.2, 0) is 0 Å². The van der Waals surface area contributed by atoms with Crippen molar-refractivity contribution in [3.05, 3.63) is 52.3 Å². The van der Waals surface area contributed by atoms with Gasteiger partial charge in [0.25, 0.3) is 0 Å². The van der Waals surface area contributed by atoms with Crippen molar-refractivity contribution in [1.82, 2.24) is 4.98 Å². The fourth-order valence-corrected chi connectivity index (χ4v) is 1.84. The zero-order valence-corrected chi connectivity index (χ0v) is 10.0. The van der Waals surface area contributed by atoms with Crippen molar-refractivity contribution in [2.75, 3.05) is 0 Å². The molecule has 1 aromatic heterocycles. The topological polar surface area (TPSA) is 50.2 Å². The van der Waals surface area contributed by atoms with E-state index in [1.165, 1.54) is 12.3 Å². The molecule has 2 aromatic rings. The Kier molecular flexibility index (Phi) is 3.31. The molecule has 0 unspecified atom stereocenters. The summed E-state index contributed by atoms with van der Waals surface area (Å²) >= 11 is 11.9. The average Bonchev–Trinajstić information content (AvgIpc) is 2.33. The number of rotatable bonds is 2. The van der Waals surface area contributed by atoms with Gasteiger partial charge in [-0.25, -0.2) is 4.79 Å². The molecule has 0 saturated heterocycles. The average molecular weight is 268 g/mol. The number of pyridine rings is 1. The summed E-state index contributed by atoms with van der Waals surface area (Å²) in [5.74, 6) is -1.03. The van der Waals surface area contributed by atoms with Crippen LogP contribution in [0.15, 0.2) is 36.7 Å². The molecule has 0 saturated carbocycles. The molecule has 0 fully saturated rings. The maximum atomic E-state index is 10.8. The van der Waals surface area contributed by atoms with E-state index in [4.69, 9.17) is 28.3 Å². The SMILES string of the molecule is O=C(O)c1cncc(-c2cccc(Cl)c2Cl)c1. The molecule has 0 radical (unpaired) electrons. The van der Waals surface area contributed by atoms with E-state index >= 15 is 0 Å². The molecule has 0 aliphatic heterocycles. The minimum Gasteiger partial charge on any atom is -0.478 e. The van der Waals surface area contributed by atoms with E-state index in [9.17, 15) is 4.79 Å². The van der Waals surface area contributed by atoms with Crippen molar-refractivity contribution in [2.24, 2.45) is 0 Å². The summed E-state index contributed by atoms with van der Waals surface area (Å²) in [5.41, 5.74) is 1.39. The van der Waals surface area contributed by atoms with Gasteiger partial charge in [-0.15, -0.1) is 0 Å². The lowest BCUT2D eigenvalue weighted by atomic mass is 10.1. The van der Waals surface area contributed by atoms with E-state index in [0.29, 0.717) is 21.2 Å². The number of benzene rings is 1. The van der Waals surface area contributed by atoms with Crippen molar-refractivity contribution in [3.63, 3.8) is 0 Å². The minimum absolute atomic E-state index is 0.110. The molecular weight excluding hydrogens is 261 g/mol. The molecule has 0 aliphatic carbocycles. The molecule has 5 heteroatoms. The summed E-state index contributed by atoms with van der Waals surface area (Å²) in [6.07, 6.45) is 2.83. The molecular formula is C12H7Cl2NO2. The maximum Gasteiger partial charge on any atom is 0.337 e. The van der Waals surface area contributed by atoms with Crippen LogP contribution in [0.1, 0.15) is 10.4 Å². The third kappa shape index (κ3) is 2.40. The zero-order chi connectivity index (χ0) is 12.4. The van der Waals surface area contributed by atoms with Crippen molar-refractivity contribution in [2.45, 2.75) is 0 Å². The van der Waals surface area contributed by atoms with E-state index in [-0.39, 0.29) is 5.56 Å². The van der Waals surface area contributed by atoms with Crippen LogP contribution in [0.4, 0.5) is 0 Å². The van der Waals surface area contributed by atoms with Gasteiger partial charge in [0.15, 0.2) is 0 Å².